The molecule has 9 heteroatoms. The molecule has 0 saturated heterocycles. The summed E-state index contributed by atoms with van der Waals surface area (Å²) in [5, 5.41) is 7.07. The molecule has 0 aromatic carbocycles. The second-order valence-corrected chi connectivity index (χ2v) is 4.62. The number of hydrogen-bond donors (Lipinski definition) is 1. The van der Waals surface area contributed by atoms with Crippen LogP contribution >= 0.6 is 0 Å². The lowest BCUT2D eigenvalue weighted by Gasteiger charge is -2.12. The molecule has 2 aromatic heterocycles. The Hall–Kier alpha value is -2.71. The van der Waals surface area contributed by atoms with Gasteiger partial charge in [-0.2, -0.15) is 9.97 Å². The van der Waals surface area contributed by atoms with Gasteiger partial charge in [-0.15, -0.1) is 10.1 Å². The smallest absolute Gasteiger partial charge is 0.331 e. The molecule has 9 nitrogen and oxygen atoms in total. The molecule has 0 spiro atoms. The molecule has 2 aromatic rings. The molecule has 2 heterocycles. The Morgan fingerprint density at radius 3 is 2.64 bits per heavy atom. The SMILES string of the molecule is CC[C@H](C)Nc1nc(OC)nc(Oc2ccc(=O)n(C)n2)n1. The van der Waals surface area contributed by atoms with Crippen LogP contribution < -0.4 is 20.3 Å². The lowest BCUT2D eigenvalue weighted by Crippen LogP contribution is -2.18. The van der Waals surface area contributed by atoms with Crippen molar-refractivity contribution in [1.29, 1.82) is 0 Å². The first kappa shape index (κ1) is 15.7. The zero-order chi connectivity index (χ0) is 16.1. The maximum Gasteiger partial charge on any atom is 0.331 e. The molecule has 0 amide bonds. The second kappa shape index (κ2) is 6.83. The Labute approximate surface area is 127 Å². The van der Waals surface area contributed by atoms with E-state index in [0.29, 0.717) is 5.95 Å². The number of nitrogens with one attached hydrogen (secondary N) is 1. The normalized spacial score (nSPS) is 11.8. The van der Waals surface area contributed by atoms with Crippen molar-refractivity contribution in [3.8, 4) is 17.9 Å². The quantitative estimate of drug-likeness (QED) is 0.842. The molecule has 2 rings (SSSR count). The van der Waals surface area contributed by atoms with Crippen molar-refractivity contribution in [2.24, 2.45) is 7.05 Å². The van der Waals surface area contributed by atoms with E-state index >= 15 is 0 Å². The van der Waals surface area contributed by atoms with Crippen molar-refractivity contribution in [3.05, 3.63) is 22.5 Å². The molecule has 1 N–H and O–H groups in total. The van der Waals surface area contributed by atoms with Crippen molar-refractivity contribution in [1.82, 2.24) is 24.7 Å². The summed E-state index contributed by atoms with van der Waals surface area (Å²) < 4.78 is 11.7. The van der Waals surface area contributed by atoms with E-state index in [9.17, 15) is 4.79 Å². The number of nitrogens with zero attached hydrogens (tertiary/aromatic N) is 5. The Bertz CT molecular complexity index is 702. The van der Waals surface area contributed by atoms with Crippen LogP contribution in [0.25, 0.3) is 0 Å². The number of rotatable bonds is 6. The van der Waals surface area contributed by atoms with Crippen molar-refractivity contribution < 1.29 is 9.47 Å². The summed E-state index contributed by atoms with van der Waals surface area (Å²) in [7, 11) is 2.98. The summed E-state index contributed by atoms with van der Waals surface area (Å²) in [6.07, 6.45) is 0.909. The number of methoxy groups -OCH3 is 1. The van der Waals surface area contributed by atoms with Gasteiger partial charge in [0.05, 0.1) is 7.11 Å². The zero-order valence-electron chi connectivity index (χ0n) is 12.9. The van der Waals surface area contributed by atoms with Gasteiger partial charge >= 0.3 is 12.0 Å². The Morgan fingerprint density at radius 1 is 1.27 bits per heavy atom. The number of anilines is 1. The minimum Gasteiger partial charge on any atom is -0.467 e. The highest BCUT2D eigenvalue weighted by Crippen LogP contribution is 2.18. The van der Waals surface area contributed by atoms with E-state index in [1.165, 1.54) is 26.3 Å². The zero-order valence-corrected chi connectivity index (χ0v) is 12.9. The standard InChI is InChI=1S/C13H18N6O3/c1-5-8(2)14-11-15-12(21-4)17-13(16-11)22-9-6-7-10(20)19(3)18-9/h6-8H,5H2,1-4H3,(H,14,15,16,17)/t8-/m0/s1. The number of ether oxygens (including phenoxy) is 2. The van der Waals surface area contributed by atoms with Gasteiger partial charge in [-0.1, -0.05) is 6.92 Å². The van der Waals surface area contributed by atoms with Crippen LogP contribution in [0.5, 0.6) is 17.9 Å². The third-order valence-electron chi connectivity index (χ3n) is 2.90. The van der Waals surface area contributed by atoms with Crippen LogP contribution in [0.3, 0.4) is 0 Å². The largest absolute Gasteiger partial charge is 0.467 e. The maximum absolute atomic E-state index is 11.3. The van der Waals surface area contributed by atoms with Crippen LogP contribution in [-0.4, -0.2) is 37.9 Å². The molecule has 0 saturated carbocycles. The molecule has 118 valence electrons. The average Bonchev–Trinajstić information content (AvgIpc) is 2.50. The van der Waals surface area contributed by atoms with Crippen LogP contribution in [0.1, 0.15) is 20.3 Å². The summed E-state index contributed by atoms with van der Waals surface area (Å²) in [4.78, 5) is 23.6. The Morgan fingerprint density at radius 2 is 2.00 bits per heavy atom. The third kappa shape index (κ3) is 3.90. The van der Waals surface area contributed by atoms with Crippen LogP contribution in [0, 0.1) is 0 Å². The summed E-state index contributed by atoms with van der Waals surface area (Å²) >= 11 is 0. The van der Waals surface area contributed by atoms with Gasteiger partial charge in [-0.05, 0) is 13.3 Å². The van der Waals surface area contributed by atoms with Gasteiger partial charge in [0, 0.05) is 25.2 Å². The number of hydrogen-bond acceptors (Lipinski definition) is 8. The van der Waals surface area contributed by atoms with Gasteiger partial charge in [-0.3, -0.25) is 4.79 Å². The highest BCUT2D eigenvalue weighted by Gasteiger charge is 2.11. The van der Waals surface area contributed by atoms with Crippen molar-refractivity contribution in [2.45, 2.75) is 26.3 Å². The molecule has 0 radical (unpaired) electrons. The van der Waals surface area contributed by atoms with E-state index < -0.39 is 0 Å². The lowest BCUT2D eigenvalue weighted by molar-refractivity contribution is 0.353. The van der Waals surface area contributed by atoms with Crippen molar-refractivity contribution in [3.63, 3.8) is 0 Å². The van der Waals surface area contributed by atoms with Crippen LogP contribution in [0.15, 0.2) is 16.9 Å². The van der Waals surface area contributed by atoms with E-state index in [2.05, 4.69) is 25.4 Å². The first-order valence-electron chi connectivity index (χ1n) is 6.80. The lowest BCUT2D eigenvalue weighted by atomic mass is 10.3. The molecular weight excluding hydrogens is 288 g/mol. The summed E-state index contributed by atoms with van der Waals surface area (Å²) in [5.41, 5.74) is -0.236. The van der Waals surface area contributed by atoms with E-state index in [1.807, 2.05) is 13.8 Å². The first-order valence-corrected chi connectivity index (χ1v) is 6.80. The fraction of sp³-hybridized carbons (Fsp3) is 0.462. The molecular formula is C13H18N6O3. The molecule has 0 unspecified atom stereocenters. The fourth-order valence-corrected chi connectivity index (χ4v) is 1.49. The van der Waals surface area contributed by atoms with Crippen LogP contribution in [0.2, 0.25) is 0 Å². The van der Waals surface area contributed by atoms with Crippen molar-refractivity contribution in [2.75, 3.05) is 12.4 Å². The number of aromatic nitrogens is 5. The molecule has 0 aliphatic rings. The molecule has 22 heavy (non-hydrogen) atoms. The van der Waals surface area contributed by atoms with Gasteiger partial charge in [0.15, 0.2) is 0 Å². The van der Waals surface area contributed by atoms with Gasteiger partial charge in [-0.25, -0.2) is 4.68 Å². The second-order valence-electron chi connectivity index (χ2n) is 4.62. The van der Waals surface area contributed by atoms with E-state index in [1.54, 1.807) is 0 Å². The average molecular weight is 306 g/mol. The van der Waals surface area contributed by atoms with E-state index in [-0.39, 0.29) is 29.5 Å². The fourth-order valence-electron chi connectivity index (χ4n) is 1.49. The topological polar surface area (TPSA) is 104 Å². The van der Waals surface area contributed by atoms with E-state index in [4.69, 9.17) is 9.47 Å². The first-order chi connectivity index (χ1) is 10.5. The van der Waals surface area contributed by atoms with Crippen LogP contribution in [-0.2, 0) is 7.05 Å². The predicted octanol–water partition coefficient (Wildman–Crippen LogP) is 0.977. The van der Waals surface area contributed by atoms with Gasteiger partial charge in [0.25, 0.3) is 5.56 Å². The summed E-state index contributed by atoms with van der Waals surface area (Å²) in [5.74, 6) is 0.547. The monoisotopic (exact) mass is 306 g/mol. The summed E-state index contributed by atoms with van der Waals surface area (Å²) in [6, 6.07) is 3.14. The van der Waals surface area contributed by atoms with Gasteiger partial charge in [0.1, 0.15) is 0 Å². The Kier molecular flexibility index (Phi) is 4.87. The molecule has 0 aliphatic carbocycles. The minimum atomic E-state index is -0.236. The van der Waals surface area contributed by atoms with Gasteiger partial charge < -0.3 is 14.8 Å². The molecule has 0 aliphatic heterocycles. The highest BCUT2D eigenvalue weighted by molar-refractivity contribution is 5.29. The maximum atomic E-state index is 11.3. The molecule has 0 fully saturated rings. The van der Waals surface area contributed by atoms with Gasteiger partial charge in [0.2, 0.25) is 11.8 Å². The minimum absolute atomic E-state index is 0.0313. The van der Waals surface area contributed by atoms with Crippen molar-refractivity contribution >= 4 is 5.95 Å². The van der Waals surface area contributed by atoms with Crippen LogP contribution in [0.4, 0.5) is 5.95 Å². The Balaban J connectivity index is 2.27. The number of aryl methyl sites for hydroxylation is 1. The molecule has 1 atom stereocenters. The summed E-state index contributed by atoms with van der Waals surface area (Å²) in [6.45, 7) is 4.05. The molecule has 0 bridgehead atoms. The van der Waals surface area contributed by atoms with E-state index in [0.717, 1.165) is 11.1 Å². The third-order valence-corrected chi connectivity index (χ3v) is 2.90. The highest BCUT2D eigenvalue weighted by atomic mass is 16.5. The predicted molar refractivity (Wildman–Crippen MR) is 79.3 cm³/mol.